The molecule has 1 aromatic heterocycles. The summed E-state index contributed by atoms with van der Waals surface area (Å²) >= 11 is 0. The highest BCUT2D eigenvalue weighted by Crippen LogP contribution is 2.28. The summed E-state index contributed by atoms with van der Waals surface area (Å²) in [6.07, 6.45) is -3.22. The maximum Gasteiger partial charge on any atom is 0.435 e. The number of aromatic nitrogens is 2. The summed E-state index contributed by atoms with van der Waals surface area (Å²) in [4.78, 5) is 0. The zero-order valence-corrected chi connectivity index (χ0v) is 11.4. The van der Waals surface area contributed by atoms with E-state index in [-0.39, 0.29) is 13.2 Å². The summed E-state index contributed by atoms with van der Waals surface area (Å²) in [7, 11) is 1.65. The minimum Gasteiger partial charge on any atom is -0.394 e. The smallest absolute Gasteiger partial charge is 0.394 e. The largest absolute Gasteiger partial charge is 0.435 e. The Balaban J connectivity index is 2.31. The van der Waals surface area contributed by atoms with Crippen LogP contribution in [0.5, 0.6) is 0 Å². The Hall–Kier alpha value is -1.86. The molecule has 7 heteroatoms. The van der Waals surface area contributed by atoms with Gasteiger partial charge in [0.05, 0.1) is 18.7 Å². The molecule has 1 atom stereocenters. The SMILES string of the molecule is CNC(CO)(Cn1ccc(C(F)(F)F)n1)c1ccccc1. The molecular formula is C14H16F3N3O. The molecule has 1 unspecified atom stereocenters. The lowest BCUT2D eigenvalue weighted by molar-refractivity contribution is -0.141. The molecule has 0 amide bonds. The molecule has 0 bridgehead atoms. The van der Waals surface area contributed by atoms with Crippen molar-refractivity contribution >= 4 is 0 Å². The van der Waals surface area contributed by atoms with Gasteiger partial charge in [-0.25, -0.2) is 0 Å². The van der Waals surface area contributed by atoms with E-state index in [0.717, 1.165) is 11.6 Å². The molecule has 0 fully saturated rings. The number of rotatable bonds is 5. The number of benzene rings is 1. The first-order valence-electron chi connectivity index (χ1n) is 6.37. The Bertz CT molecular complexity index is 577. The van der Waals surface area contributed by atoms with Crippen LogP contribution in [0.15, 0.2) is 42.6 Å². The van der Waals surface area contributed by atoms with Crippen molar-refractivity contribution in [1.29, 1.82) is 0 Å². The Morgan fingerprint density at radius 2 is 1.86 bits per heavy atom. The van der Waals surface area contributed by atoms with Gasteiger partial charge in [-0.05, 0) is 18.7 Å². The first kappa shape index (κ1) is 15.5. The van der Waals surface area contributed by atoms with E-state index in [2.05, 4.69) is 10.4 Å². The van der Waals surface area contributed by atoms with Crippen molar-refractivity contribution in [3.63, 3.8) is 0 Å². The number of nitrogens with one attached hydrogen (secondary N) is 1. The van der Waals surface area contributed by atoms with Crippen LogP contribution in [0.2, 0.25) is 0 Å². The molecule has 2 rings (SSSR count). The molecule has 1 heterocycles. The molecular weight excluding hydrogens is 283 g/mol. The van der Waals surface area contributed by atoms with Crippen molar-refractivity contribution < 1.29 is 18.3 Å². The molecule has 0 saturated carbocycles. The van der Waals surface area contributed by atoms with Crippen LogP contribution in [0.4, 0.5) is 13.2 Å². The zero-order chi connectivity index (χ0) is 15.5. The van der Waals surface area contributed by atoms with Gasteiger partial charge in [-0.3, -0.25) is 4.68 Å². The van der Waals surface area contributed by atoms with Crippen LogP contribution in [0, 0.1) is 0 Å². The quantitative estimate of drug-likeness (QED) is 0.888. The standard InChI is InChI=1S/C14H16F3N3O/c1-18-13(10-21,11-5-3-2-4-6-11)9-20-8-7-12(19-20)14(15,16)17/h2-8,18,21H,9-10H2,1H3. The third-order valence-corrected chi connectivity index (χ3v) is 3.44. The minimum atomic E-state index is -4.47. The van der Waals surface area contributed by atoms with E-state index in [9.17, 15) is 18.3 Å². The van der Waals surface area contributed by atoms with Gasteiger partial charge in [-0.2, -0.15) is 18.3 Å². The second-order valence-corrected chi connectivity index (χ2v) is 4.75. The topological polar surface area (TPSA) is 50.1 Å². The Labute approximate surface area is 120 Å². The van der Waals surface area contributed by atoms with Gasteiger partial charge < -0.3 is 10.4 Å². The summed E-state index contributed by atoms with van der Waals surface area (Å²) in [6.45, 7) is -0.186. The minimum absolute atomic E-state index is 0.0834. The van der Waals surface area contributed by atoms with Gasteiger partial charge in [0, 0.05) is 6.20 Å². The molecule has 0 spiro atoms. The number of nitrogens with zero attached hydrogens (tertiary/aromatic N) is 2. The fourth-order valence-corrected chi connectivity index (χ4v) is 2.17. The highest BCUT2D eigenvalue weighted by molar-refractivity contribution is 5.24. The van der Waals surface area contributed by atoms with E-state index in [0.29, 0.717) is 0 Å². The van der Waals surface area contributed by atoms with Crippen LogP contribution in [0.25, 0.3) is 0 Å². The average Bonchev–Trinajstić information content (AvgIpc) is 2.94. The number of aliphatic hydroxyl groups excluding tert-OH is 1. The monoisotopic (exact) mass is 299 g/mol. The van der Waals surface area contributed by atoms with Gasteiger partial charge >= 0.3 is 6.18 Å². The molecule has 0 aliphatic carbocycles. The van der Waals surface area contributed by atoms with Crippen molar-refractivity contribution in [3.05, 3.63) is 53.9 Å². The molecule has 0 saturated heterocycles. The molecule has 0 aliphatic rings. The second kappa shape index (κ2) is 5.87. The Kier molecular flexibility index (Phi) is 4.34. The number of halogens is 3. The zero-order valence-electron chi connectivity index (χ0n) is 11.4. The van der Waals surface area contributed by atoms with Crippen LogP contribution in [0.3, 0.4) is 0 Å². The van der Waals surface area contributed by atoms with Gasteiger partial charge in [0.15, 0.2) is 5.69 Å². The number of alkyl halides is 3. The normalized spacial score (nSPS) is 14.9. The lowest BCUT2D eigenvalue weighted by Gasteiger charge is -2.32. The number of hydrogen-bond acceptors (Lipinski definition) is 3. The predicted molar refractivity (Wildman–Crippen MR) is 71.5 cm³/mol. The van der Waals surface area contributed by atoms with E-state index in [1.165, 1.54) is 10.9 Å². The molecule has 114 valence electrons. The summed E-state index contributed by atoms with van der Waals surface area (Å²) in [5.41, 5.74) is -1.06. The number of hydrogen-bond donors (Lipinski definition) is 2. The van der Waals surface area contributed by atoms with Gasteiger partial charge in [0.1, 0.15) is 0 Å². The van der Waals surface area contributed by atoms with Crippen molar-refractivity contribution in [2.45, 2.75) is 18.3 Å². The Morgan fingerprint density at radius 3 is 2.33 bits per heavy atom. The third-order valence-electron chi connectivity index (χ3n) is 3.44. The van der Waals surface area contributed by atoms with Crippen molar-refractivity contribution in [2.75, 3.05) is 13.7 Å². The Morgan fingerprint density at radius 1 is 1.19 bits per heavy atom. The molecule has 0 radical (unpaired) electrons. The fourth-order valence-electron chi connectivity index (χ4n) is 2.17. The van der Waals surface area contributed by atoms with Gasteiger partial charge in [-0.1, -0.05) is 30.3 Å². The van der Waals surface area contributed by atoms with Crippen molar-refractivity contribution in [3.8, 4) is 0 Å². The van der Waals surface area contributed by atoms with Gasteiger partial charge in [0.25, 0.3) is 0 Å². The fraction of sp³-hybridized carbons (Fsp3) is 0.357. The van der Waals surface area contributed by atoms with Crippen molar-refractivity contribution in [2.24, 2.45) is 0 Å². The van der Waals surface area contributed by atoms with E-state index in [4.69, 9.17) is 0 Å². The maximum absolute atomic E-state index is 12.6. The number of likely N-dealkylation sites (N-methyl/N-ethyl adjacent to an activating group) is 1. The molecule has 0 aliphatic heterocycles. The van der Waals surface area contributed by atoms with Crippen LogP contribution >= 0.6 is 0 Å². The first-order chi connectivity index (χ1) is 9.91. The van der Waals surface area contributed by atoms with Gasteiger partial charge in [0.2, 0.25) is 0 Å². The van der Waals surface area contributed by atoms with Crippen LogP contribution < -0.4 is 5.32 Å². The van der Waals surface area contributed by atoms with Crippen LogP contribution in [-0.4, -0.2) is 28.5 Å². The van der Waals surface area contributed by atoms with Crippen molar-refractivity contribution in [1.82, 2.24) is 15.1 Å². The summed E-state index contributed by atoms with van der Waals surface area (Å²) in [5, 5.41) is 16.2. The molecule has 4 nitrogen and oxygen atoms in total. The van der Waals surface area contributed by atoms with Gasteiger partial charge in [-0.15, -0.1) is 0 Å². The van der Waals surface area contributed by atoms with E-state index in [1.54, 1.807) is 31.3 Å². The molecule has 21 heavy (non-hydrogen) atoms. The van der Waals surface area contributed by atoms with Crippen LogP contribution in [0.1, 0.15) is 11.3 Å². The highest BCUT2D eigenvalue weighted by atomic mass is 19.4. The second-order valence-electron chi connectivity index (χ2n) is 4.75. The molecule has 1 aromatic carbocycles. The summed E-state index contributed by atoms with van der Waals surface area (Å²) in [5.74, 6) is 0. The predicted octanol–water partition coefficient (Wildman–Crippen LogP) is 2.01. The van der Waals surface area contributed by atoms with E-state index >= 15 is 0 Å². The summed E-state index contributed by atoms with van der Waals surface area (Å²) < 4.78 is 38.9. The molecule has 2 aromatic rings. The summed E-state index contributed by atoms with van der Waals surface area (Å²) in [6, 6.07) is 9.98. The molecule has 2 N–H and O–H groups in total. The first-order valence-corrected chi connectivity index (χ1v) is 6.37. The average molecular weight is 299 g/mol. The third kappa shape index (κ3) is 3.25. The van der Waals surface area contributed by atoms with Crippen LogP contribution in [-0.2, 0) is 18.3 Å². The number of aliphatic hydroxyl groups is 1. The lowest BCUT2D eigenvalue weighted by Crippen LogP contribution is -2.47. The lowest BCUT2D eigenvalue weighted by atomic mass is 9.91. The van der Waals surface area contributed by atoms with E-state index in [1.807, 2.05) is 6.07 Å². The maximum atomic E-state index is 12.6. The van der Waals surface area contributed by atoms with E-state index < -0.39 is 17.4 Å². The highest BCUT2D eigenvalue weighted by Gasteiger charge is 2.35.